The second-order valence-electron chi connectivity index (χ2n) is 6.68. The molecule has 0 aliphatic carbocycles. The van der Waals surface area contributed by atoms with Crippen molar-refractivity contribution in [2.45, 2.75) is 32.0 Å². The van der Waals surface area contributed by atoms with Gasteiger partial charge in [0.25, 0.3) is 0 Å². The summed E-state index contributed by atoms with van der Waals surface area (Å²) in [6.45, 7) is 5.95. The number of thioether (sulfide) groups is 1. The molecule has 0 aliphatic rings. The first kappa shape index (κ1) is 19.9. The summed E-state index contributed by atoms with van der Waals surface area (Å²) >= 11 is 1.35. The predicted octanol–water partition coefficient (Wildman–Crippen LogP) is 4.30. The minimum atomic E-state index is -0.255. The number of hydrogen-bond acceptors (Lipinski definition) is 5. The van der Waals surface area contributed by atoms with Gasteiger partial charge in [0.1, 0.15) is 5.75 Å². The van der Waals surface area contributed by atoms with Crippen LogP contribution in [-0.4, -0.2) is 26.4 Å². The second kappa shape index (κ2) is 8.93. The molecule has 7 heteroatoms. The number of amides is 1. The van der Waals surface area contributed by atoms with E-state index in [1.807, 2.05) is 80.9 Å². The Morgan fingerprint density at radius 2 is 1.86 bits per heavy atom. The lowest BCUT2D eigenvalue weighted by Crippen LogP contribution is -2.15. The van der Waals surface area contributed by atoms with Crippen LogP contribution in [0.1, 0.15) is 30.0 Å². The van der Waals surface area contributed by atoms with Gasteiger partial charge in [0.05, 0.1) is 5.75 Å². The highest BCUT2D eigenvalue weighted by atomic mass is 32.2. The molecule has 0 fully saturated rings. The quantitative estimate of drug-likeness (QED) is 0.603. The Morgan fingerprint density at radius 1 is 1.14 bits per heavy atom. The summed E-state index contributed by atoms with van der Waals surface area (Å²) in [6, 6.07) is 15.6. The normalized spacial score (nSPS) is 11.9. The third-order valence-electron chi connectivity index (χ3n) is 4.17. The number of nitrogens with zero attached hydrogens (tertiary/aromatic N) is 3. The van der Waals surface area contributed by atoms with Gasteiger partial charge in [0.2, 0.25) is 5.91 Å². The number of benzene rings is 2. The molecule has 0 saturated carbocycles. The predicted molar refractivity (Wildman–Crippen MR) is 112 cm³/mol. The van der Waals surface area contributed by atoms with Gasteiger partial charge in [-0.3, -0.25) is 4.79 Å². The minimum absolute atomic E-state index is 0.0794. The number of hydrogen-bond donors (Lipinski definition) is 1. The van der Waals surface area contributed by atoms with Crippen LogP contribution in [0.15, 0.2) is 53.7 Å². The van der Waals surface area contributed by atoms with Crippen molar-refractivity contribution >= 4 is 23.4 Å². The largest absolute Gasteiger partial charge is 0.483 e. The highest BCUT2D eigenvalue weighted by Gasteiger charge is 2.18. The molecule has 0 aliphatic heterocycles. The highest BCUT2D eigenvalue weighted by molar-refractivity contribution is 7.99. The Hall–Kier alpha value is -2.80. The molecular formula is C21H24N4O2S. The lowest BCUT2D eigenvalue weighted by molar-refractivity contribution is -0.113. The molecule has 3 aromatic rings. The van der Waals surface area contributed by atoms with E-state index in [1.54, 1.807) is 0 Å². The van der Waals surface area contributed by atoms with E-state index in [0.29, 0.717) is 11.0 Å². The van der Waals surface area contributed by atoms with Crippen LogP contribution < -0.4 is 10.1 Å². The maximum absolute atomic E-state index is 12.2. The number of anilines is 1. The van der Waals surface area contributed by atoms with Gasteiger partial charge in [-0.25, -0.2) is 0 Å². The Labute approximate surface area is 169 Å². The van der Waals surface area contributed by atoms with Crippen molar-refractivity contribution in [3.8, 4) is 5.75 Å². The van der Waals surface area contributed by atoms with Crippen LogP contribution >= 0.6 is 11.8 Å². The van der Waals surface area contributed by atoms with Crippen LogP contribution in [0, 0.1) is 13.8 Å². The number of ether oxygens (including phenoxy) is 1. The molecule has 1 heterocycles. The number of carbonyl (C=O) groups is 1. The van der Waals surface area contributed by atoms with Crippen LogP contribution in [-0.2, 0) is 11.8 Å². The zero-order chi connectivity index (χ0) is 20.1. The molecule has 1 unspecified atom stereocenters. The average Bonchev–Trinajstić information content (AvgIpc) is 3.01. The zero-order valence-electron chi connectivity index (χ0n) is 16.5. The Kier molecular flexibility index (Phi) is 6.36. The summed E-state index contributed by atoms with van der Waals surface area (Å²) in [5.41, 5.74) is 3.04. The molecule has 0 bridgehead atoms. The van der Waals surface area contributed by atoms with Crippen LogP contribution in [0.3, 0.4) is 0 Å². The minimum Gasteiger partial charge on any atom is -0.483 e. The van der Waals surface area contributed by atoms with E-state index < -0.39 is 0 Å². The molecule has 0 radical (unpaired) electrons. The Balaban J connectivity index is 1.58. The lowest BCUT2D eigenvalue weighted by atomic mass is 10.2. The Morgan fingerprint density at radius 3 is 2.57 bits per heavy atom. The van der Waals surface area contributed by atoms with E-state index in [1.165, 1.54) is 11.8 Å². The van der Waals surface area contributed by atoms with Crippen molar-refractivity contribution in [2.75, 3.05) is 11.1 Å². The summed E-state index contributed by atoms with van der Waals surface area (Å²) in [5.74, 6) is 1.68. The third kappa shape index (κ3) is 5.13. The van der Waals surface area contributed by atoms with Crippen LogP contribution in [0.5, 0.6) is 5.75 Å². The van der Waals surface area contributed by atoms with Gasteiger partial charge in [-0.05, 0) is 56.2 Å². The van der Waals surface area contributed by atoms with Gasteiger partial charge < -0.3 is 14.6 Å². The molecule has 1 aromatic heterocycles. The van der Waals surface area contributed by atoms with Crippen molar-refractivity contribution in [2.24, 2.45) is 7.05 Å². The standard InChI is InChI=1S/C21H24N4O2S/c1-14-7-5-9-17(11-14)22-19(26)13-28-21-24-23-20(25(21)4)16(3)27-18-10-6-8-15(2)12-18/h5-12,16H,13H2,1-4H3,(H,22,26). The Bertz CT molecular complexity index is 971. The first-order chi connectivity index (χ1) is 13.4. The monoisotopic (exact) mass is 396 g/mol. The number of nitrogens with one attached hydrogen (secondary N) is 1. The molecule has 6 nitrogen and oxygen atoms in total. The summed E-state index contributed by atoms with van der Waals surface area (Å²) in [6.07, 6.45) is -0.255. The molecule has 1 atom stereocenters. The molecule has 3 rings (SSSR count). The average molecular weight is 397 g/mol. The lowest BCUT2D eigenvalue weighted by Gasteiger charge is -2.14. The van der Waals surface area contributed by atoms with Crippen molar-refractivity contribution in [1.82, 2.24) is 14.8 Å². The van der Waals surface area contributed by atoms with Crippen LogP contribution in [0.4, 0.5) is 5.69 Å². The molecule has 2 aromatic carbocycles. The summed E-state index contributed by atoms with van der Waals surface area (Å²) in [4.78, 5) is 12.2. The summed E-state index contributed by atoms with van der Waals surface area (Å²) in [7, 11) is 1.88. The van der Waals surface area contributed by atoms with E-state index in [4.69, 9.17) is 4.74 Å². The van der Waals surface area contributed by atoms with Gasteiger partial charge in [0, 0.05) is 12.7 Å². The van der Waals surface area contributed by atoms with E-state index in [9.17, 15) is 4.79 Å². The van der Waals surface area contributed by atoms with E-state index >= 15 is 0 Å². The second-order valence-corrected chi connectivity index (χ2v) is 7.63. The van der Waals surface area contributed by atoms with Gasteiger partial charge in [0.15, 0.2) is 17.1 Å². The molecule has 0 spiro atoms. The van der Waals surface area contributed by atoms with Crippen LogP contribution in [0.2, 0.25) is 0 Å². The topological polar surface area (TPSA) is 69.0 Å². The first-order valence-corrected chi connectivity index (χ1v) is 10.0. The number of aryl methyl sites for hydroxylation is 2. The van der Waals surface area contributed by atoms with Gasteiger partial charge >= 0.3 is 0 Å². The van der Waals surface area contributed by atoms with E-state index in [2.05, 4.69) is 15.5 Å². The van der Waals surface area contributed by atoms with Crippen molar-refractivity contribution in [3.63, 3.8) is 0 Å². The highest BCUT2D eigenvalue weighted by Crippen LogP contribution is 2.24. The van der Waals surface area contributed by atoms with Gasteiger partial charge in [-0.1, -0.05) is 36.0 Å². The summed E-state index contributed by atoms with van der Waals surface area (Å²) < 4.78 is 7.85. The van der Waals surface area contributed by atoms with Crippen LogP contribution in [0.25, 0.3) is 0 Å². The molecule has 1 amide bonds. The SMILES string of the molecule is Cc1cccc(NC(=O)CSc2nnc(C(C)Oc3cccc(C)c3)n2C)c1. The van der Waals surface area contributed by atoms with Gasteiger partial charge in [-0.15, -0.1) is 10.2 Å². The fourth-order valence-corrected chi connectivity index (χ4v) is 3.52. The summed E-state index contributed by atoms with van der Waals surface area (Å²) in [5, 5.41) is 12.0. The molecule has 1 N–H and O–H groups in total. The number of rotatable bonds is 7. The van der Waals surface area contributed by atoms with E-state index in [-0.39, 0.29) is 17.8 Å². The molecular weight excluding hydrogens is 372 g/mol. The fraction of sp³-hybridized carbons (Fsp3) is 0.286. The number of carbonyl (C=O) groups excluding carboxylic acids is 1. The maximum atomic E-state index is 12.2. The molecule has 146 valence electrons. The maximum Gasteiger partial charge on any atom is 0.234 e. The third-order valence-corrected chi connectivity index (χ3v) is 5.19. The zero-order valence-corrected chi connectivity index (χ0v) is 17.3. The first-order valence-electron chi connectivity index (χ1n) is 9.04. The number of aromatic nitrogens is 3. The molecule has 0 saturated heterocycles. The fourth-order valence-electron chi connectivity index (χ4n) is 2.80. The molecule has 28 heavy (non-hydrogen) atoms. The van der Waals surface area contributed by atoms with Gasteiger partial charge in [-0.2, -0.15) is 0 Å². The van der Waals surface area contributed by atoms with Crippen molar-refractivity contribution < 1.29 is 9.53 Å². The van der Waals surface area contributed by atoms with Crippen molar-refractivity contribution in [3.05, 3.63) is 65.5 Å². The van der Waals surface area contributed by atoms with E-state index in [0.717, 1.165) is 22.6 Å². The smallest absolute Gasteiger partial charge is 0.234 e. The van der Waals surface area contributed by atoms with Crippen molar-refractivity contribution in [1.29, 1.82) is 0 Å².